The molecule has 0 spiro atoms. The maximum atomic E-state index is 14.8. The molecule has 0 radical (unpaired) electrons. The summed E-state index contributed by atoms with van der Waals surface area (Å²) in [5.74, 6) is -1.80. The highest BCUT2D eigenvalue weighted by Gasteiger charge is 2.57. The molecule has 2 aromatic carbocycles. The van der Waals surface area contributed by atoms with Gasteiger partial charge in [-0.15, -0.1) is 0 Å². The average molecular weight is 642 g/mol. The lowest BCUT2D eigenvalue weighted by molar-refractivity contribution is -0.265. The van der Waals surface area contributed by atoms with Gasteiger partial charge in [-0.25, -0.2) is 9.37 Å². The van der Waals surface area contributed by atoms with E-state index in [9.17, 15) is 32.3 Å². The molecule has 0 saturated heterocycles. The van der Waals surface area contributed by atoms with E-state index >= 15 is 0 Å². The molecule has 9 nitrogen and oxygen atoms in total. The van der Waals surface area contributed by atoms with Gasteiger partial charge >= 0.3 is 6.18 Å². The molecule has 6 rings (SSSR count). The Morgan fingerprint density at radius 1 is 1.15 bits per heavy atom. The fourth-order valence-corrected chi connectivity index (χ4v) is 5.41. The number of aliphatic hydroxyl groups is 1. The Hall–Kier alpha value is -4.49. The fraction of sp³-hybridized carbons (Fsp3) is 0.364. The third-order valence-electron chi connectivity index (χ3n) is 8.50. The second-order valence-corrected chi connectivity index (χ2v) is 11.8. The monoisotopic (exact) mass is 641 g/mol. The Balaban J connectivity index is 1.36. The van der Waals surface area contributed by atoms with Crippen molar-refractivity contribution in [2.75, 3.05) is 26.4 Å². The number of hydrogen-bond donors (Lipinski definition) is 3. The lowest BCUT2D eigenvalue weighted by atomic mass is 9.81. The Kier molecular flexibility index (Phi) is 8.01. The van der Waals surface area contributed by atoms with E-state index in [0.29, 0.717) is 30.9 Å². The van der Waals surface area contributed by atoms with Crippen LogP contribution in [0.5, 0.6) is 11.5 Å². The summed E-state index contributed by atoms with van der Waals surface area (Å²) in [5.41, 5.74) is 1.01. The first-order valence-electron chi connectivity index (χ1n) is 14.7. The van der Waals surface area contributed by atoms with E-state index in [2.05, 4.69) is 10.3 Å². The van der Waals surface area contributed by atoms with Crippen LogP contribution in [-0.4, -0.2) is 60.6 Å². The molecule has 1 saturated carbocycles. The summed E-state index contributed by atoms with van der Waals surface area (Å²) in [4.78, 5) is 29.9. The normalized spacial score (nSPS) is 20.6. The van der Waals surface area contributed by atoms with Gasteiger partial charge in [-0.1, -0.05) is 6.08 Å². The van der Waals surface area contributed by atoms with Crippen LogP contribution in [-0.2, 0) is 20.5 Å². The van der Waals surface area contributed by atoms with E-state index in [1.54, 1.807) is 12.1 Å². The van der Waals surface area contributed by atoms with Crippen molar-refractivity contribution in [2.24, 2.45) is 5.73 Å². The third-order valence-corrected chi connectivity index (χ3v) is 8.50. The quantitative estimate of drug-likeness (QED) is 0.292. The average Bonchev–Trinajstić information content (AvgIpc) is 3.79. The molecule has 3 heterocycles. The van der Waals surface area contributed by atoms with E-state index < -0.39 is 47.1 Å². The molecule has 242 valence electrons. The zero-order chi connectivity index (χ0) is 32.9. The standard InChI is InChI=1S/C33H31F4N3O6/c1-31(30(38)42)17-45-28-24(31)15-26(40-27(28)19-2-5-21(34)6-3-19)32(43,33(35,36)37)16-39-29(41)20-4-9-25(46-22-7-8-22)23(14-20)18-10-12-44-13-11-18/h2-6,9-10,14-15,22,43H,7-8,11-13,16-17H2,1H3,(H2,38,42)(H,39,41)/t31-,32-/m0/s1. The van der Waals surface area contributed by atoms with Crippen molar-refractivity contribution in [1.29, 1.82) is 0 Å². The molecule has 3 aliphatic rings. The largest absolute Gasteiger partial charge is 0.490 e. The molecular formula is C33H31F4N3O6. The van der Waals surface area contributed by atoms with Crippen LogP contribution in [0, 0.1) is 5.82 Å². The van der Waals surface area contributed by atoms with Crippen molar-refractivity contribution in [1.82, 2.24) is 10.3 Å². The van der Waals surface area contributed by atoms with Crippen molar-refractivity contribution in [3.63, 3.8) is 0 Å². The number of amides is 2. The molecule has 2 atom stereocenters. The summed E-state index contributed by atoms with van der Waals surface area (Å²) in [5, 5.41) is 13.5. The molecule has 1 aromatic heterocycles. The maximum Gasteiger partial charge on any atom is 0.424 e. The number of rotatable bonds is 9. The van der Waals surface area contributed by atoms with E-state index in [-0.39, 0.29) is 40.8 Å². The molecule has 1 aliphatic carbocycles. The molecule has 46 heavy (non-hydrogen) atoms. The minimum Gasteiger partial charge on any atom is -0.490 e. The predicted octanol–water partition coefficient (Wildman–Crippen LogP) is 4.55. The van der Waals surface area contributed by atoms with Crippen LogP contribution in [0.15, 0.2) is 54.6 Å². The number of hydrogen-bond acceptors (Lipinski definition) is 7. The highest BCUT2D eigenvalue weighted by atomic mass is 19.4. The first kappa shape index (κ1) is 31.5. The number of ether oxygens (including phenoxy) is 3. The number of alkyl halides is 3. The van der Waals surface area contributed by atoms with Gasteiger partial charge in [0.05, 0.1) is 31.6 Å². The van der Waals surface area contributed by atoms with Gasteiger partial charge in [0.25, 0.3) is 5.91 Å². The van der Waals surface area contributed by atoms with Crippen molar-refractivity contribution in [3.05, 3.63) is 82.8 Å². The van der Waals surface area contributed by atoms with Crippen molar-refractivity contribution in [2.45, 2.75) is 49.5 Å². The number of nitrogens with two attached hydrogens (primary N) is 1. The number of carbonyl (C=O) groups is 2. The molecule has 2 amide bonds. The molecule has 4 N–H and O–H groups in total. The lowest BCUT2D eigenvalue weighted by Crippen LogP contribution is -2.51. The maximum absolute atomic E-state index is 14.8. The summed E-state index contributed by atoms with van der Waals surface area (Å²) >= 11 is 0. The Bertz CT molecular complexity index is 1720. The van der Waals surface area contributed by atoms with Gasteiger partial charge in [-0.2, -0.15) is 13.2 Å². The van der Waals surface area contributed by atoms with Crippen LogP contribution in [0.4, 0.5) is 17.6 Å². The number of fused-ring (bicyclic) bond motifs is 1. The lowest BCUT2D eigenvalue weighted by Gasteiger charge is -2.31. The molecule has 13 heteroatoms. The van der Waals surface area contributed by atoms with E-state index in [1.807, 2.05) is 6.08 Å². The Morgan fingerprint density at radius 3 is 2.52 bits per heavy atom. The predicted molar refractivity (Wildman–Crippen MR) is 157 cm³/mol. The number of halogens is 4. The number of primary amides is 1. The van der Waals surface area contributed by atoms with Crippen LogP contribution >= 0.6 is 0 Å². The molecular weight excluding hydrogens is 610 g/mol. The topological polar surface area (TPSA) is 133 Å². The summed E-state index contributed by atoms with van der Waals surface area (Å²) in [6.07, 6.45) is -1.03. The van der Waals surface area contributed by atoms with Crippen molar-refractivity contribution < 1.29 is 46.5 Å². The van der Waals surface area contributed by atoms with Gasteiger partial charge in [0.15, 0.2) is 0 Å². The number of aromatic nitrogens is 1. The molecule has 2 aliphatic heterocycles. The number of carbonyl (C=O) groups excluding carboxylic acids is 2. The van der Waals surface area contributed by atoms with Gasteiger partial charge in [0.1, 0.15) is 35.0 Å². The highest BCUT2D eigenvalue weighted by Crippen LogP contribution is 2.48. The Labute approximate surface area is 261 Å². The summed E-state index contributed by atoms with van der Waals surface area (Å²) in [7, 11) is 0. The minimum absolute atomic E-state index is 0.0197. The number of nitrogens with zero attached hydrogens (tertiary/aromatic N) is 1. The van der Waals surface area contributed by atoms with Gasteiger partial charge in [0.2, 0.25) is 11.5 Å². The van der Waals surface area contributed by atoms with Crippen LogP contribution in [0.1, 0.15) is 53.4 Å². The molecule has 1 fully saturated rings. The van der Waals surface area contributed by atoms with Gasteiger partial charge < -0.3 is 30.4 Å². The third kappa shape index (κ3) is 5.80. The highest BCUT2D eigenvalue weighted by molar-refractivity contribution is 5.96. The zero-order valence-electron chi connectivity index (χ0n) is 24.7. The van der Waals surface area contributed by atoms with E-state index in [0.717, 1.165) is 36.6 Å². The van der Waals surface area contributed by atoms with Crippen molar-refractivity contribution >= 4 is 17.4 Å². The summed E-state index contributed by atoms with van der Waals surface area (Å²) in [6.45, 7) is 0.641. The van der Waals surface area contributed by atoms with Crippen LogP contribution in [0.2, 0.25) is 0 Å². The SMILES string of the molecule is C[C@]1(C(N)=O)COc2c1cc([C@@](O)(CNC(=O)c1ccc(OC3CC3)c(C3=CCOCC3)c1)C(F)(F)F)nc2-c1ccc(F)cc1. The minimum atomic E-state index is -5.34. The second kappa shape index (κ2) is 11.7. The summed E-state index contributed by atoms with van der Waals surface area (Å²) in [6, 6.07) is 10.2. The smallest absolute Gasteiger partial charge is 0.424 e. The molecule has 0 unspecified atom stereocenters. The number of pyridine rings is 1. The second-order valence-electron chi connectivity index (χ2n) is 11.8. The first-order chi connectivity index (χ1) is 21.8. The Morgan fingerprint density at radius 2 is 1.89 bits per heavy atom. The van der Waals surface area contributed by atoms with Crippen LogP contribution in [0.3, 0.4) is 0 Å². The van der Waals surface area contributed by atoms with Gasteiger partial charge in [-0.3, -0.25) is 9.59 Å². The zero-order valence-corrected chi connectivity index (χ0v) is 24.7. The summed E-state index contributed by atoms with van der Waals surface area (Å²) < 4.78 is 75.1. The molecule has 0 bridgehead atoms. The fourth-order valence-electron chi connectivity index (χ4n) is 5.41. The van der Waals surface area contributed by atoms with E-state index in [1.165, 1.54) is 25.1 Å². The van der Waals surface area contributed by atoms with Gasteiger partial charge in [-0.05, 0) is 80.3 Å². The number of benzene rings is 2. The van der Waals surface area contributed by atoms with Crippen LogP contribution < -0.4 is 20.5 Å². The number of nitrogens with one attached hydrogen (secondary N) is 1. The van der Waals surface area contributed by atoms with E-state index in [4.69, 9.17) is 19.9 Å². The van der Waals surface area contributed by atoms with Gasteiger partial charge in [0, 0.05) is 22.3 Å². The van der Waals surface area contributed by atoms with Crippen molar-refractivity contribution in [3.8, 4) is 22.8 Å². The first-order valence-corrected chi connectivity index (χ1v) is 14.7. The van der Waals surface area contributed by atoms with Crippen LogP contribution in [0.25, 0.3) is 16.8 Å². The molecule has 3 aromatic rings.